The van der Waals surface area contributed by atoms with Gasteiger partial charge in [0.15, 0.2) is 6.10 Å². The molecule has 31 heavy (non-hydrogen) atoms. The number of rotatable bonds is 9. The van der Waals surface area contributed by atoms with Crippen molar-refractivity contribution in [2.45, 2.75) is 24.3 Å². The highest BCUT2D eigenvalue weighted by Gasteiger charge is 2.19. The molecule has 0 aliphatic carbocycles. The minimum absolute atomic E-state index is 0.0777. The van der Waals surface area contributed by atoms with Crippen LogP contribution in [0.2, 0.25) is 0 Å². The van der Waals surface area contributed by atoms with Crippen LogP contribution >= 0.6 is 0 Å². The van der Waals surface area contributed by atoms with Gasteiger partial charge >= 0.3 is 0 Å². The first kappa shape index (κ1) is 22.2. The number of nitrogens with one attached hydrogen (secondary N) is 2. The summed E-state index contributed by atoms with van der Waals surface area (Å²) in [6, 6.07) is 21.6. The Kier molecular flexibility index (Phi) is 7.15. The molecule has 0 bridgehead atoms. The third-order valence-corrected chi connectivity index (χ3v) is 5.86. The van der Waals surface area contributed by atoms with Gasteiger partial charge in [0.25, 0.3) is 15.9 Å². The van der Waals surface area contributed by atoms with Crippen LogP contribution in [-0.4, -0.2) is 27.5 Å². The van der Waals surface area contributed by atoms with Crippen LogP contribution in [0.5, 0.6) is 11.5 Å². The summed E-state index contributed by atoms with van der Waals surface area (Å²) in [7, 11) is -2.23. The van der Waals surface area contributed by atoms with Gasteiger partial charge in [0.1, 0.15) is 11.5 Å². The normalized spacial score (nSPS) is 11.9. The van der Waals surface area contributed by atoms with Crippen molar-refractivity contribution in [2.24, 2.45) is 0 Å². The molecule has 0 heterocycles. The van der Waals surface area contributed by atoms with E-state index in [1.54, 1.807) is 36.4 Å². The van der Waals surface area contributed by atoms with Gasteiger partial charge in [-0.2, -0.15) is 0 Å². The van der Waals surface area contributed by atoms with E-state index in [2.05, 4.69) is 10.0 Å². The first-order valence-electron chi connectivity index (χ1n) is 9.71. The van der Waals surface area contributed by atoms with E-state index in [4.69, 9.17) is 9.47 Å². The van der Waals surface area contributed by atoms with Crippen LogP contribution in [0.15, 0.2) is 83.8 Å². The topological polar surface area (TPSA) is 93.7 Å². The van der Waals surface area contributed by atoms with Crippen molar-refractivity contribution in [3.8, 4) is 11.5 Å². The summed E-state index contributed by atoms with van der Waals surface area (Å²) in [6.07, 6.45) is -0.179. The van der Waals surface area contributed by atoms with E-state index in [9.17, 15) is 13.2 Å². The maximum atomic E-state index is 12.6. The second-order valence-corrected chi connectivity index (χ2v) is 8.36. The Morgan fingerprint density at radius 2 is 1.48 bits per heavy atom. The number of ether oxygens (including phenoxy) is 2. The Hall–Kier alpha value is -3.52. The highest BCUT2D eigenvalue weighted by atomic mass is 32.2. The Bertz CT molecular complexity index is 1100. The summed E-state index contributed by atoms with van der Waals surface area (Å²) in [5.41, 5.74) is 0.894. The fourth-order valence-electron chi connectivity index (χ4n) is 2.80. The zero-order chi connectivity index (χ0) is 22.3. The molecule has 0 fully saturated rings. The van der Waals surface area contributed by atoms with E-state index in [1.807, 2.05) is 25.1 Å². The molecular formula is C23H24N2O5S. The van der Waals surface area contributed by atoms with Crippen LogP contribution in [0, 0.1) is 0 Å². The van der Waals surface area contributed by atoms with E-state index in [-0.39, 0.29) is 10.8 Å². The van der Waals surface area contributed by atoms with Gasteiger partial charge in [0.05, 0.1) is 12.0 Å². The number of carbonyl (C=O) groups excluding carboxylic acids is 1. The van der Waals surface area contributed by atoms with Gasteiger partial charge < -0.3 is 14.8 Å². The predicted octanol–water partition coefficient (Wildman–Crippen LogP) is 4.29. The van der Waals surface area contributed by atoms with Crippen molar-refractivity contribution in [3.63, 3.8) is 0 Å². The summed E-state index contributed by atoms with van der Waals surface area (Å²) in [5, 5.41) is 2.76. The molecule has 1 amide bonds. The average Bonchev–Trinajstić information content (AvgIpc) is 2.78. The molecule has 0 radical (unpaired) electrons. The summed E-state index contributed by atoms with van der Waals surface area (Å²) in [4.78, 5) is 12.6. The lowest BCUT2D eigenvalue weighted by Gasteiger charge is -2.17. The van der Waals surface area contributed by atoms with Crippen molar-refractivity contribution in [2.75, 3.05) is 17.1 Å². The second kappa shape index (κ2) is 9.99. The predicted molar refractivity (Wildman–Crippen MR) is 120 cm³/mol. The molecule has 0 aliphatic heterocycles. The average molecular weight is 441 g/mol. The van der Waals surface area contributed by atoms with Gasteiger partial charge in [-0.05, 0) is 67.1 Å². The van der Waals surface area contributed by atoms with Crippen LogP contribution in [-0.2, 0) is 14.8 Å². The van der Waals surface area contributed by atoms with Crippen LogP contribution in [0.1, 0.15) is 13.3 Å². The SMILES string of the molecule is CC[C@H](Oc1ccccc1)C(=O)Nc1ccc(S(=O)(=O)Nc2ccc(OC)cc2)cc1. The van der Waals surface area contributed by atoms with Gasteiger partial charge in [-0.1, -0.05) is 25.1 Å². The molecule has 0 spiro atoms. The molecule has 0 saturated heterocycles. The summed E-state index contributed by atoms with van der Waals surface area (Å²) >= 11 is 0. The zero-order valence-electron chi connectivity index (χ0n) is 17.2. The minimum Gasteiger partial charge on any atom is -0.497 e. The van der Waals surface area contributed by atoms with Crippen molar-refractivity contribution < 1.29 is 22.7 Å². The number of methoxy groups -OCH3 is 1. The quantitative estimate of drug-likeness (QED) is 0.518. The zero-order valence-corrected chi connectivity index (χ0v) is 18.1. The molecule has 8 heteroatoms. The highest BCUT2D eigenvalue weighted by molar-refractivity contribution is 7.92. The van der Waals surface area contributed by atoms with E-state index in [0.717, 1.165) is 0 Å². The third kappa shape index (κ3) is 5.99. The molecule has 3 rings (SSSR count). The van der Waals surface area contributed by atoms with Crippen molar-refractivity contribution in [1.82, 2.24) is 0 Å². The number of sulfonamides is 1. The number of benzene rings is 3. The molecule has 1 atom stereocenters. The standard InChI is InChI=1S/C23H24N2O5S/c1-3-22(30-20-7-5-4-6-8-20)23(26)24-17-11-15-21(16-12-17)31(27,28)25-18-9-13-19(29-2)14-10-18/h4-16,22,25H,3H2,1-2H3,(H,24,26)/t22-/m0/s1. The molecule has 0 saturated carbocycles. The van der Waals surface area contributed by atoms with Gasteiger partial charge in [-0.3, -0.25) is 9.52 Å². The van der Waals surface area contributed by atoms with Crippen molar-refractivity contribution >= 4 is 27.3 Å². The van der Waals surface area contributed by atoms with Crippen LogP contribution in [0.3, 0.4) is 0 Å². The van der Waals surface area contributed by atoms with Gasteiger partial charge in [-0.25, -0.2) is 8.42 Å². The fourth-order valence-corrected chi connectivity index (χ4v) is 3.86. The largest absolute Gasteiger partial charge is 0.497 e. The molecule has 3 aromatic carbocycles. The summed E-state index contributed by atoms with van der Waals surface area (Å²) in [5.74, 6) is 0.929. The molecule has 0 aromatic heterocycles. The smallest absolute Gasteiger partial charge is 0.265 e. The van der Waals surface area contributed by atoms with Crippen molar-refractivity contribution in [1.29, 1.82) is 0 Å². The van der Waals surface area contributed by atoms with Crippen LogP contribution in [0.25, 0.3) is 0 Å². The summed E-state index contributed by atoms with van der Waals surface area (Å²) < 4.78 is 38.5. The maximum Gasteiger partial charge on any atom is 0.265 e. The highest BCUT2D eigenvalue weighted by Crippen LogP contribution is 2.21. The lowest BCUT2D eigenvalue weighted by molar-refractivity contribution is -0.122. The number of hydrogen-bond donors (Lipinski definition) is 2. The van der Waals surface area contributed by atoms with E-state index >= 15 is 0 Å². The summed E-state index contributed by atoms with van der Waals surface area (Å²) in [6.45, 7) is 1.85. The van der Waals surface area contributed by atoms with Gasteiger partial charge in [0, 0.05) is 11.4 Å². The number of para-hydroxylation sites is 1. The van der Waals surface area contributed by atoms with Gasteiger partial charge in [0.2, 0.25) is 0 Å². The first-order chi connectivity index (χ1) is 14.9. The van der Waals surface area contributed by atoms with E-state index < -0.39 is 16.1 Å². The molecule has 0 unspecified atom stereocenters. The fraction of sp³-hybridized carbons (Fsp3) is 0.174. The van der Waals surface area contributed by atoms with Gasteiger partial charge in [-0.15, -0.1) is 0 Å². The first-order valence-corrected chi connectivity index (χ1v) is 11.2. The number of anilines is 2. The number of amides is 1. The second-order valence-electron chi connectivity index (χ2n) is 6.68. The minimum atomic E-state index is -3.77. The number of carbonyl (C=O) groups is 1. The van der Waals surface area contributed by atoms with Crippen LogP contribution in [0.4, 0.5) is 11.4 Å². The Labute approximate surface area is 182 Å². The Morgan fingerprint density at radius 3 is 2.06 bits per heavy atom. The molecule has 162 valence electrons. The Balaban J connectivity index is 1.64. The van der Waals surface area contributed by atoms with E-state index in [0.29, 0.717) is 29.3 Å². The Morgan fingerprint density at radius 1 is 0.871 bits per heavy atom. The molecular weight excluding hydrogens is 416 g/mol. The van der Waals surface area contributed by atoms with E-state index in [1.165, 1.54) is 31.4 Å². The third-order valence-electron chi connectivity index (χ3n) is 4.46. The molecule has 7 nitrogen and oxygen atoms in total. The van der Waals surface area contributed by atoms with Crippen molar-refractivity contribution in [3.05, 3.63) is 78.9 Å². The lowest BCUT2D eigenvalue weighted by Crippen LogP contribution is -2.32. The maximum absolute atomic E-state index is 12.6. The molecule has 2 N–H and O–H groups in total. The monoisotopic (exact) mass is 440 g/mol. The number of hydrogen-bond acceptors (Lipinski definition) is 5. The van der Waals surface area contributed by atoms with Crippen LogP contribution < -0.4 is 19.5 Å². The molecule has 3 aromatic rings. The molecule has 0 aliphatic rings. The lowest BCUT2D eigenvalue weighted by atomic mass is 10.2.